The quantitative estimate of drug-likeness (QED) is 0.634. The Bertz CT molecular complexity index is 698. The molecular formula is C12H23N8O2Si3. The van der Waals surface area contributed by atoms with E-state index in [0.29, 0.717) is 17.9 Å². The first kappa shape index (κ1) is 20.9. The van der Waals surface area contributed by atoms with Crippen molar-refractivity contribution in [3.8, 4) is 6.01 Å². The van der Waals surface area contributed by atoms with Crippen LogP contribution in [0.5, 0.6) is 6.01 Å². The molecule has 0 fully saturated rings. The maximum atomic E-state index is 10.4. The van der Waals surface area contributed by atoms with Crippen LogP contribution >= 0.6 is 0 Å². The van der Waals surface area contributed by atoms with Crippen LogP contribution < -0.4 is 20.1 Å². The molecule has 0 unspecified atom stereocenters. The second kappa shape index (κ2) is 8.82. The number of hydrogen-bond acceptors (Lipinski definition) is 9. The minimum atomic E-state index is -1.65. The highest BCUT2D eigenvalue weighted by atomic mass is 28.4. The molecule has 0 aromatic carbocycles. The zero-order valence-electron chi connectivity index (χ0n) is 15.2. The Morgan fingerprint density at radius 1 is 1.04 bits per heavy atom. The Balaban J connectivity index is 0.000000293. The predicted molar refractivity (Wildman–Crippen MR) is 103 cm³/mol. The number of nitrogens with zero attached hydrogens (tertiary/aromatic N) is 5. The topological polar surface area (TPSA) is 131 Å². The van der Waals surface area contributed by atoms with E-state index in [0.717, 1.165) is 0 Å². The largest absolute Gasteiger partial charge is 0.518 e. The molecule has 135 valence electrons. The number of aromatic amines is 1. The number of hydrogen-bond donors (Lipinski definition) is 3. The molecule has 0 atom stereocenters. The summed E-state index contributed by atoms with van der Waals surface area (Å²) in [4.78, 5) is 37.8. The lowest BCUT2D eigenvalue weighted by atomic mass is 10.9. The Morgan fingerprint density at radius 2 is 1.68 bits per heavy atom. The number of nitrogens with one attached hydrogen (secondary N) is 3. The lowest BCUT2D eigenvalue weighted by Crippen LogP contribution is -2.34. The average Bonchev–Trinajstić information content (AvgIpc) is 2.44. The number of H-pyrrole nitrogens is 1. The van der Waals surface area contributed by atoms with Crippen LogP contribution in [0, 0.1) is 0 Å². The molecule has 0 amide bonds. The second-order valence-corrected chi connectivity index (χ2v) is 16.4. The van der Waals surface area contributed by atoms with Crippen molar-refractivity contribution in [3.63, 3.8) is 0 Å². The summed E-state index contributed by atoms with van der Waals surface area (Å²) in [5.74, 6) is 0.953. The molecular weight excluding hydrogens is 372 g/mol. The zero-order chi connectivity index (χ0) is 19.1. The van der Waals surface area contributed by atoms with E-state index >= 15 is 0 Å². The maximum absolute atomic E-state index is 10.4. The van der Waals surface area contributed by atoms with Gasteiger partial charge in [-0.05, 0) is 19.6 Å². The minimum Gasteiger partial charge on any atom is -0.518 e. The highest BCUT2D eigenvalue weighted by molar-refractivity contribution is 6.79. The standard InChI is InChI=1S/C9H20N4OSi2.C3H3N4OSi/c1-15(2,3)13-8-10-7-11-9(12-8)14-16(4,5)6;8-3-5-1-4-2(6-3)7-9/h7H,1-6H3,(H,10,11,12,13);1H,(H2,4,5,6,7,8). The minimum absolute atomic E-state index is 0.340. The summed E-state index contributed by atoms with van der Waals surface area (Å²) in [6.07, 6.45) is 2.66. The van der Waals surface area contributed by atoms with E-state index < -0.39 is 22.2 Å². The van der Waals surface area contributed by atoms with Crippen LogP contribution in [0.3, 0.4) is 0 Å². The molecule has 0 aliphatic carbocycles. The highest BCUT2D eigenvalue weighted by Crippen LogP contribution is 2.12. The highest BCUT2D eigenvalue weighted by Gasteiger charge is 2.19. The van der Waals surface area contributed by atoms with Gasteiger partial charge in [-0.1, -0.05) is 19.6 Å². The summed E-state index contributed by atoms with van der Waals surface area (Å²) in [7, 11) is -0.149. The van der Waals surface area contributed by atoms with Gasteiger partial charge in [0.15, 0.2) is 16.4 Å². The Morgan fingerprint density at radius 3 is 2.16 bits per heavy atom. The fraction of sp³-hybridized carbons (Fsp3) is 0.500. The van der Waals surface area contributed by atoms with Crippen molar-refractivity contribution in [2.75, 3.05) is 9.96 Å². The Labute approximate surface area is 152 Å². The van der Waals surface area contributed by atoms with Crippen molar-refractivity contribution in [1.29, 1.82) is 0 Å². The third-order valence-corrected chi connectivity index (χ3v) is 4.14. The van der Waals surface area contributed by atoms with Crippen molar-refractivity contribution in [1.82, 2.24) is 29.9 Å². The summed E-state index contributed by atoms with van der Waals surface area (Å²) in [6.45, 7) is 12.9. The molecule has 3 radical (unpaired) electrons. The zero-order valence-corrected chi connectivity index (χ0v) is 18.2. The van der Waals surface area contributed by atoms with Gasteiger partial charge >= 0.3 is 11.7 Å². The maximum Gasteiger partial charge on any atom is 0.349 e. The number of anilines is 2. The van der Waals surface area contributed by atoms with Gasteiger partial charge in [-0.3, -0.25) is 4.98 Å². The molecule has 13 heteroatoms. The van der Waals surface area contributed by atoms with Crippen molar-refractivity contribution < 1.29 is 4.43 Å². The smallest absolute Gasteiger partial charge is 0.349 e. The van der Waals surface area contributed by atoms with Crippen LogP contribution in [-0.2, 0) is 0 Å². The number of aromatic nitrogens is 6. The van der Waals surface area contributed by atoms with Gasteiger partial charge in [-0.15, -0.1) is 0 Å². The molecule has 2 aromatic rings. The van der Waals surface area contributed by atoms with Gasteiger partial charge in [0.2, 0.25) is 14.3 Å². The lowest BCUT2D eigenvalue weighted by molar-refractivity contribution is 0.507. The van der Waals surface area contributed by atoms with Crippen molar-refractivity contribution in [2.45, 2.75) is 39.3 Å². The van der Waals surface area contributed by atoms with E-state index in [4.69, 9.17) is 4.43 Å². The predicted octanol–water partition coefficient (Wildman–Crippen LogP) is 0.992. The first-order valence-electron chi connectivity index (χ1n) is 7.49. The summed E-state index contributed by atoms with van der Waals surface area (Å²) in [5, 5.41) is 0. The third kappa shape index (κ3) is 9.68. The van der Waals surface area contributed by atoms with Gasteiger partial charge < -0.3 is 14.4 Å². The Hall–Kier alpha value is -2.13. The molecule has 0 aliphatic rings. The van der Waals surface area contributed by atoms with Crippen LogP contribution in [-0.4, -0.2) is 56.9 Å². The monoisotopic (exact) mass is 395 g/mol. The molecule has 2 aromatic heterocycles. The van der Waals surface area contributed by atoms with E-state index in [-0.39, 0.29) is 0 Å². The van der Waals surface area contributed by atoms with Crippen LogP contribution in [0.4, 0.5) is 11.9 Å². The fourth-order valence-electron chi connectivity index (χ4n) is 1.37. The number of rotatable bonds is 5. The van der Waals surface area contributed by atoms with E-state index in [1.165, 1.54) is 12.7 Å². The van der Waals surface area contributed by atoms with Crippen molar-refractivity contribution in [3.05, 3.63) is 23.1 Å². The Kier molecular flexibility index (Phi) is 7.38. The average molecular weight is 396 g/mol. The molecule has 0 spiro atoms. The molecule has 0 aliphatic heterocycles. The van der Waals surface area contributed by atoms with Crippen molar-refractivity contribution >= 4 is 38.9 Å². The fourth-order valence-corrected chi connectivity index (χ4v) is 2.93. The SMILES string of the molecule is C[Si](C)(C)Nc1ncnc(O[Si](C)(C)C)n1.O=c1ncnc(N[Si])[nH]1. The van der Waals surface area contributed by atoms with Crippen molar-refractivity contribution in [2.24, 2.45) is 0 Å². The van der Waals surface area contributed by atoms with Crippen LogP contribution in [0.2, 0.25) is 39.3 Å². The van der Waals surface area contributed by atoms with Crippen LogP contribution in [0.25, 0.3) is 0 Å². The molecule has 0 saturated heterocycles. The van der Waals surface area contributed by atoms with Gasteiger partial charge in [0.1, 0.15) is 20.9 Å². The molecule has 3 N–H and O–H groups in total. The van der Waals surface area contributed by atoms with E-state index in [1.54, 1.807) is 0 Å². The van der Waals surface area contributed by atoms with Gasteiger partial charge in [0.25, 0.3) is 0 Å². The first-order chi connectivity index (χ1) is 11.5. The lowest BCUT2D eigenvalue weighted by Gasteiger charge is -2.20. The molecule has 10 nitrogen and oxygen atoms in total. The van der Waals surface area contributed by atoms with E-state index in [9.17, 15) is 4.79 Å². The third-order valence-electron chi connectivity index (χ3n) is 2.14. The summed E-state index contributed by atoms with van der Waals surface area (Å²) in [5.41, 5.74) is -0.425. The summed E-state index contributed by atoms with van der Waals surface area (Å²) >= 11 is 0. The summed E-state index contributed by atoms with van der Waals surface area (Å²) in [6, 6.07) is 0.426. The molecule has 0 saturated carbocycles. The van der Waals surface area contributed by atoms with Crippen LogP contribution in [0.15, 0.2) is 17.4 Å². The van der Waals surface area contributed by atoms with E-state index in [2.05, 4.69) is 89.6 Å². The van der Waals surface area contributed by atoms with Gasteiger partial charge in [0.05, 0.1) is 0 Å². The summed E-state index contributed by atoms with van der Waals surface area (Å²) < 4.78 is 5.71. The second-order valence-electron chi connectivity index (χ2n) is 6.96. The molecule has 2 rings (SSSR count). The van der Waals surface area contributed by atoms with Gasteiger partial charge in [0, 0.05) is 0 Å². The molecule has 25 heavy (non-hydrogen) atoms. The first-order valence-corrected chi connectivity index (χ1v) is 14.9. The van der Waals surface area contributed by atoms with Crippen LogP contribution in [0.1, 0.15) is 0 Å². The molecule has 2 heterocycles. The van der Waals surface area contributed by atoms with Gasteiger partial charge in [-0.2, -0.15) is 15.0 Å². The van der Waals surface area contributed by atoms with Gasteiger partial charge in [-0.25, -0.2) is 14.8 Å². The molecule has 0 bridgehead atoms. The normalized spacial score (nSPS) is 11.2. The van der Waals surface area contributed by atoms with E-state index in [1.807, 2.05) is 0 Å².